The van der Waals surface area contributed by atoms with E-state index in [0.717, 1.165) is 5.56 Å². The van der Waals surface area contributed by atoms with Crippen LogP contribution in [0.2, 0.25) is 5.02 Å². The third-order valence-electron chi connectivity index (χ3n) is 2.84. The number of hydrogen-bond acceptors (Lipinski definition) is 2. The van der Waals surface area contributed by atoms with E-state index in [1.807, 2.05) is 13.0 Å². The Morgan fingerprint density at radius 3 is 2.74 bits per heavy atom. The van der Waals surface area contributed by atoms with E-state index in [9.17, 15) is 4.39 Å². The first kappa shape index (κ1) is 13.8. The molecule has 2 nitrogen and oxygen atoms in total. The van der Waals surface area contributed by atoms with Crippen LogP contribution in [0.1, 0.15) is 17.2 Å². The normalized spacial score (nSPS) is 12.2. The molecule has 2 rings (SSSR count). The standard InChI is InChI=1S/C15H15ClFNO/c1-10-7-13(5-6-14(10)16)19-9-15(18)11-3-2-4-12(17)8-11/h2-8,15H,9,18H2,1H3. The summed E-state index contributed by atoms with van der Waals surface area (Å²) in [5, 5.41) is 0.696. The van der Waals surface area contributed by atoms with Crippen LogP contribution in [0.15, 0.2) is 42.5 Å². The number of hydrogen-bond donors (Lipinski definition) is 1. The minimum absolute atomic E-state index is 0.282. The molecule has 2 aromatic rings. The number of halogens is 2. The van der Waals surface area contributed by atoms with Crippen molar-refractivity contribution in [2.45, 2.75) is 13.0 Å². The van der Waals surface area contributed by atoms with Gasteiger partial charge in [-0.1, -0.05) is 23.7 Å². The van der Waals surface area contributed by atoms with Gasteiger partial charge in [-0.2, -0.15) is 0 Å². The summed E-state index contributed by atoms with van der Waals surface area (Å²) >= 11 is 5.93. The maximum atomic E-state index is 13.1. The molecular weight excluding hydrogens is 265 g/mol. The summed E-state index contributed by atoms with van der Waals surface area (Å²) in [6.07, 6.45) is 0. The molecule has 0 saturated carbocycles. The second-order valence-corrected chi connectivity index (χ2v) is 4.79. The van der Waals surface area contributed by atoms with Crippen molar-refractivity contribution in [3.63, 3.8) is 0 Å². The van der Waals surface area contributed by atoms with E-state index in [2.05, 4.69) is 0 Å². The van der Waals surface area contributed by atoms with Crippen molar-refractivity contribution in [1.82, 2.24) is 0 Å². The van der Waals surface area contributed by atoms with Gasteiger partial charge < -0.3 is 10.5 Å². The molecule has 19 heavy (non-hydrogen) atoms. The quantitative estimate of drug-likeness (QED) is 0.922. The van der Waals surface area contributed by atoms with E-state index in [1.54, 1.807) is 24.3 Å². The van der Waals surface area contributed by atoms with Gasteiger partial charge in [0, 0.05) is 5.02 Å². The fourth-order valence-corrected chi connectivity index (χ4v) is 1.84. The van der Waals surface area contributed by atoms with Crippen LogP contribution in [0, 0.1) is 12.7 Å². The van der Waals surface area contributed by atoms with Gasteiger partial charge in [0.05, 0.1) is 6.04 Å². The molecule has 0 aliphatic carbocycles. The molecule has 100 valence electrons. The zero-order chi connectivity index (χ0) is 13.8. The number of aryl methyl sites for hydroxylation is 1. The van der Waals surface area contributed by atoms with Crippen LogP contribution in [0.25, 0.3) is 0 Å². The Labute approximate surface area is 117 Å². The maximum Gasteiger partial charge on any atom is 0.123 e. The number of ether oxygens (including phenoxy) is 1. The zero-order valence-corrected chi connectivity index (χ0v) is 11.3. The van der Waals surface area contributed by atoms with Crippen LogP contribution in [0.4, 0.5) is 4.39 Å². The molecule has 2 N–H and O–H groups in total. The second-order valence-electron chi connectivity index (χ2n) is 4.38. The molecule has 0 aromatic heterocycles. The first-order valence-electron chi connectivity index (χ1n) is 5.96. The minimum Gasteiger partial charge on any atom is -0.492 e. The summed E-state index contributed by atoms with van der Waals surface area (Å²) < 4.78 is 18.7. The highest BCUT2D eigenvalue weighted by Crippen LogP contribution is 2.22. The fraction of sp³-hybridized carbons (Fsp3) is 0.200. The Kier molecular flexibility index (Phi) is 4.40. The molecule has 4 heteroatoms. The highest BCUT2D eigenvalue weighted by molar-refractivity contribution is 6.31. The van der Waals surface area contributed by atoms with Gasteiger partial charge in [0.25, 0.3) is 0 Å². The van der Waals surface area contributed by atoms with Gasteiger partial charge in [-0.05, 0) is 48.4 Å². The average molecular weight is 280 g/mol. The summed E-state index contributed by atoms with van der Waals surface area (Å²) in [5.41, 5.74) is 7.62. The van der Waals surface area contributed by atoms with Crippen molar-refractivity contribution in [2.24, 2.45) is 5.73 Å². The van der Waals surface area contributed by atoms with E-state index >= 15 is 0 Å². The molecule has 2 aromatic carbocycles. The Balaban J connectivity index is 2.00. The van der Waals surface area contributed by atoms with Gasteiger partial charge >= 0.3 is 0 Å². The highest BCUT2D eigenvalue weighted by atomic mass is 35.5. The molecule has 1 unspecified atom stereocenters. The molecule has 0 aliphatic heterocycles. The first-order valence-corrected chi connectivity index (χ1v) is 6.34. The largest absolute Gasteiger partial charge is 0.492 e. The van der Waals surface area contributed by atoms with Crippen molar-refractivity contribution in [2.75, 3.05) is 6.61 Å². The van der Waals surface area contributed by atoms with Gasteiger partial charge in [0.1, 0.15) is 18.2 Å². The van der Waals surface area contributed by atoms with E-state index in [0.29, 0.717) is 16.3 Å². The Bertz CT molecular complexity index is 574. The monoisotopic (exact) mass is 279 g/mol. The molecule has 1 atom stereocenters. The van der Waals surface area contributed by atoms with Crippen LogP contribution in [-0.2, 0) is 0 Å². The number of rotatable bonds is 4. The van der Waals surface area contributed by atoms with Crippen molar-refractivity contribution < 1.29 is 9.13 Å². The topological polar surface area (TPSA) is 35.2 Å². The summed E-state index contributed by atoms with van der Waals surface area (Å²) in [7, 11) is 0. The van der Waals surface area contributed by atoms with Crippen molar-refractivity contribution >= 4 is 11.6 Å². The first-order chi connectivity index (χ1) is 9.06. The zero-order valence-electron chi connectivity index (χ0n) is 10.6. The summed E-state index contributed by atoms with van der Waals surface area (Å²) in [4.78, 5) is 0. The molecule has 0 amide bonds. The average Bonchev–Trinajstić information content (AvgIpc) is 2.40. The molecular formula is C15H15ClFNO. The van der Waals surface area contributed by atoms with Gasteiger partial charge in [-0.3, -0.25) is 0 Å². The highest BCUT2D eigenvalue weighted by Gasteiger charge is 2.08. The lowest BCUT2D eigenvalue weighted by Crippen LogP contribution is -2.19. The summed E-state index contributed by atoms with van der Waals surface area (Å²) in [5.74, 6) is 0.407. The molecule has 0 heterocycles. The van der Waals surface area contributed by atoms with Gasteiger partial charge in [-0.25, -0.2) is 4.39 Å². The van der Waals surface area contributed by atoms with Crippen LogP contribution >= 0.6 is 11.6 Å². The predicted octanol–water partition coefficient (Wildman–Crippen LogP) is 3.87. The van der Waals surface area contributed by atoms with Crippen molar-refractivity contribution in [3.8, 4) is 5.75 Å². The molecule has 0 aliphatic rings. The lowest BCUT2D eigenvalue weighted by Gasteiger charge is -2.14. The van der Waals surface area contributed by atoms with Crippen molar-refractivity contribution in [3.05, 3.63) is 64.4 Å². The minimum atomic E-state index is -0.369. The molecule has 0 spiro atoms. The van der Waals surface area contributed by atoms with Crippen molar-refractivity contribution in [1.29, 1.82) is 0 Å². The van der Waals surface area contributed by atoms with E-state index < -0.39 is 0 Å². The third kappa shape index (κ3) is 3.69. The summed E-state index contributed by atoms with van der Waals surface area (Å²) in [6.45, 7) is 2.19. The van der Waals surface area contributed by atoms with Crippen LogP contribution in [-0.4, -0.2) is 6.61 Å². The molecule has 0 radical (unpaired) electrons. The second kappa shape index (κ2) is 6.04. The third-order valence-corrected chi connectivity index (χ3v) is 3.26. The lowest BCUT2D eigenvalue weighted by molar-refractivity contribution is 0.290. The smallest absolute Gasteiger partial charge is 0.123 e. The lowest BCUT2D eigenvalue weighted by atomic mass is 10.1. The van der Waals surface area contributed by atoms with Gasteiger partial charge in [-0.15, -0.1) is 0 Å². The van der Waals surface area contributed by atoms with Crippen LogP contribution in [0.5, 0.6) is 5.75 Å². The molecule has 0 saturated heterocycles. The molecule has 0 bridgehead atoms. The maximum absolute atomic E-state index is 13.1. The number of benzene rings is 2. The Morgan fingerprint density at radius 2 is 2.05 bits per heavy atom. The fourth-order valence-electron chi connectivity index (χ4n) is 1.73. The summed E-state index contributed by atoms with van der Waals surface area (Å²) in [6, 6.07) is 11.3. The van der Waals surface area contributed by atoms with Gasteiger partial charge in [0.2, 0.25) is 0 Å². The molecule has 0 fully saturated rings. The Morgan fingerprint density at radius 1 is 1.26 bits per heavy atom. The van der Waals surface area contributed by atoms with Gasteiger partial charge in [0.15, 0.2) is 0 Å². The SMILES string of the molecule is Cc1cc(OCC(N)c2cccc(F)c2)ccc1Cl. The van der Waals surface area contributed by atoms with E-state index in [1.165, 1.54) is 12.1 Å². The predicted molar refractivity (Wildman–Crippen MR) is 75.0 cm³/mol. The van der Waals surface area contributed by atoms with E-state index in [4.69, 9.17) is 22.1 Å². The Hall–Kier alpha value is -1.58. The van der Waals surface area contributed by atoms with Crippen LogP contribution < -0.4 is 10.5 Å². The van der Waals surface area contributed by atoms with E-state index in [-0.39, 0.29) is 18.5 Å². The van der Waals surface area contributed by atoms with Crippen LogP contribution in [0.3, 0.4) is 0 Å². The number of nitrogens with two attached hydrogens (primary N) is 1.